The maximum absolute atomic E-state index is 10.8. The van der Waals surface area contributed by atoms with E-state index in [1.54, 1.807) is 12.1 Å². The lowest BCUT2D eigenvalue weighted by Gasteiger charge is -2.13. The molecule has 0 aliphatic carbocycles. The number of nitrogens with zero attached hydrogens (tertiary/aromatic N) is 4. The molecule has 2 heterocycles. The molecule has 2 aromatic carbocycles. The van der Waals surface area contributed by atoms with Crippen LogP contribution < -0.4 is 10.5 Å². The molecule has 8 nitrogen and oxygen atoms in total. The Morgan fingerprint density at radius 2 is 1.86 bits per heavy atom. The number of ether oxygens (including phenoxy) is 1. The van der Waals surface area contributed by atoms with Crippen LogP contribution in [0.2, 0.25) is 0 Å². The molecule has 0 saturated heterocycles. The van der Waals surface area contributed by atoms with Gasteiger partial charge in [0.05, 0.1) is 16.0 Å². The Hall–Kier alpha value is -3.68. The molecule has 0 spiro atoms. The molecule has 4 rings (SSSR count). The lowest BCUT2D eigenvalue weighted by molar-refractivity contribution is -0.384. The number of non-ortho nitro benzene ring substituents is 1. The Morgan fingerprint density at radius 3 is 2.55 bits per heavy atom. The summed E-state index contributed by atoms with van der Waals surface area (Å²) in [6.45, 7) is 5.24. The number of nitrogens with two attached hydrogens (primary N) is 1. The van der Waals surface area contributed by atoms with Crippen LogP contribution in [-0.2, 0) is 13.2 Å². The lowest BCUT2D eigenvalue weighted by atomic mass is 10.1. The van der Waals surface area contributed by atoms with Gasteiger partial charge < -0.3 is 15.0 Å². The quantitative estimate of drug-likeness (QED) is 0.387. The fourth-order valence-corrected chi connectivity index (χ4v) is 3.39. The van der Waals surface area contributed by atoms with Crippen LogP contribution in [0, 0.1) is 16.0 Å². The van der Waals surface area contributed by atoms with E-state index in [2.05, 4.69) is 23.4 Å². The van der Waals surface area contributed by atoms with Gasteiger partial charge in [-0.1, -0.05) is 32.0 Å². The molecule has 0 fully saturated rings. The molecular formula is C21H21N5O3. The third-order valence-electron chi connectivity index (χ3n) is 4.65. The monoisotopic (exact) mass is 391 g/mol. The van der Waals surface area contributed by atoms with E-state index in [4.69, 9.17) is 15.5 Å². The predicted molar refractivity (Wildman–Crippen MR) is 112 cm³/mol. The predicted octanol–water partition coefficient (Wildman–Crippen LogP) is 4.31. The number of rotatable bonds is 6. The molecule has 4 aromatic rings. The number of fused-ring (bicyclic) bond motifs is 3. The van der Waals surface area contributed by atoms with Gasteiger partial charge in [0, 0.05) is 24.1 Å². The van der Waals surface area contributed by atoms with Crippen LogP contribution in [0.25, 0.3) is 21.9 Å². The fraction of sp³-hybridized carbons (Fsp3) is 0.238. The SMILES string of the molecule is CC(C)Cn1c(COc2ccc([N+](=O)[O-])cc2)nc2c(N)nc3ccccc3c21. The molecule has 0 bridgehead atoms. The minimum Gasteiger partial charge on any atom is -0.486 e. The van der Waals surface area contributed by atoms with Crippen molar-refractivity contribution in [1.29, 1.82) is 0 Å². The fourth-order valence-electron chi connectivity index (χ4n) is 3.39. The molecule has 0 aliphatic rings. The summed E-state index contributed by atoms with van der Waals surface area (Å²) >= 11 is 0. The topological polar surface area (TPSA) is 109 Å². The van der Waals surface area contributed by atoms with E-state index in [1.807, 2.05) is 24.3 Å². The van der Waals surface area contributed by atoms with Crippen molar-refractivity contribution in [2.24, 2.45) is 5.92 Å². The largest absolute Gasteiger partial charge is 0.486 e. The number of hydrogen-bond acceptors (Lipinski definition) is 6. The van der Waals surface area contributed by atoms with Crippen molar-refractivity contribution in [1.82, 2.24) is 14.5 Å². The number of nitro groups is 1. The number of nitrogen functional groups attached to an aromatic ring is 1. The van der Waals surface area contributed by atoms with E-state index in [0.29, 0.717) is 23.0 Å². The van der Waals surface area contributed by atoms with Gasteiger partial charge in [0.25, 0.3) is 5.69 Å². The van der Waals surface area contributed by atoms with Gasteiger partial charge in [-0.3, -0.25) is 10.1 Å². The summed E-state index contributed by atoms with van der Waals surface area (Å²) in [6, 6.07) is 13.9. The Labute approximate surface area is 167 Å². The standard InChI is InChI=1S/C21H21N5O3/c1-13(2)11-25-18(12-29-15-9-7-14(8-10-15)26(27)28)24-19-20(25)16-5-3-4-6-17(16)23-21(19)22/h3-10,13H,11-12H2,1-2H3,(H2,22,23). The zero-order valence-corrected chi connectivity index (χ0v) is 16.2. The summed E-state index contributed by atoms with van der Waals surface area (Å²) in [7, 11) is 0. The van der Waals surface area contributed by atoms with Crippen LogP contribution in [0.4, 0.5) is 11.5 Å². The first kappa shape index (κ1) is 18.7. The first-order chi connectivity index (χ1) is 13.9. The average Bonchev–Trinajstić information content (AvgIpc) is 3.05. The maximum Gasteiger partial charge on any atom is 0.269 e. The number of nitro benzene ring substituents is 1. The van der Waals surface area contributed by atoms with Crippen LogP contribution in [-0.4, -0.2) is 19.5 Å². The molecule has 0 atom stereocenters. The highest BCUT2D eigenvalue weighted by Gasteiger charge is 2.18. The second kappa shape index (κ2) is 7.38. The van der Waals surface area contributed by atoms with Crippen molar-refractivity contribution < 1.29 is 9.66 Å². The molecule has 0 aliphatic heterocycles. The third-order valence-corrected chi connectivity index (χ3v) is 4.65. The molecular weight excluding hydrogens is 370 g/mol. The van der Waals surface area contributed by atoms with Crippen LogP contribution in [0.3, 0.4) is 0 Å². The van der Waals surface area contributed by atoms with E-state index < -0.39 is 4.92 Å². The minimum absolute atomic E-state index is 0.0229. The average molecular weight is 391 g/mol. The highest BCUT2D eigenvalue weighted by atomic mass is 16.6. The van der Waals surface area contributed by atoms with Crippen LogP contribution in [0.5, 0.6) is 5.75 Å². The minimum atomic E-state index is -0.438. The molecule has 29 heavy (non-hydrogen) atoms. The van der Waals surface area contributed by atoms with Crippen molar-refractivity contribution in [2.45, 2.75) is 27.0 Å². The number of imidazole rings is 1. The Kier molecular flexibility index (Phi) is 4.75. The van der Waals surface area contributed by atoms with Crippen LogP contribution >= 0.6 is 0 Å². The lowest BCUT2D eigenvalue weighted by Crippen LogP contribution is -2.11. The Morgan fingerprint density at radius 1 is 1.14 bits per heavy atom. The van der Waals surface area contributed by atoms with Gasteiger partial charge in [-0.2, -0.15) is 0 Å². The second-order valence-electron chi connectivity index (χ2n) is 7.28. The molecule has 0 radical (unpaired) electrons. The van der Waals surface area contributed by atoms with Crippen LogP contribution in [0.1, 0.15) is 19.7 Å². The number of pyridine rings is 1. The number of para-hydroxylation sites is 1. The van der Waals surface area contributed by atoms with Gasteiger partial charge in [0.2, 0.25) is 0 Å². The van der Waals surface area contributed by atoms with E-state index in [9.17, 15) is 10.1 Å². The van der Waals surface area contributed by atoms with Gasteiger partial charge in [-0.05, 0) is 24.1 Å². The van der Waals surface area contributed by atoms with Crippen molar-refractivity contribution in [3.8, 4) is 5.75 Å². The summed E-state index contributed by atoms with van der Waals surface area (Å²) in [5.41, 5.74) is 8.65. The van der Waals surface area contributed by atoms with Gasteiger partial charge in [0.15, 0.2) is 5.82 Å². The van der Waals surface area contributed by atoms with Gasteiger partial charge in [0.1, 0.15) is 23.7 Å². The molecule has 0 saturated carbocycles. The first-order valence-electron chi connectivity index (χ1n) is 9.34. The molecule has 2 N–H and O–H groups in total. The number of anilines is 1. The molecule has 2 aromatic heterocycles. The van der Waals surface area contributed by atoms with Crippen LogP contribution in [0.15, 0.2) is 48.5 Å². The summed E-state index contributed by atoms with van der Waals surface area (Å²) < 4.78 is 7.99. The third kappa shape index (κ3) is 3.56. The summed E-state index contributed by atoms with van der Waals surface area (Å²) in [5.74, 6) is 2.04. The smallest absolute Gasteiger partial charge is 0.269 e. The van der Waals surface area contributed by atoms with Crippen molar-refractivity contribution >= 4 is 33.4 Å². The van der Waals surface area contributed by atoms with Gasteiger partial charge in [-0.25, -0.2) is 9.97 Å². The van der Waals surface area contributed by atoms with Crippen molar-refractivity contribution in [3.05, 3.63) is 64.5 Å². The zero-order valence-electron chi connectivity index (χ0n) is 16.2. The summed E-state index contributed by atoms with van der Waals surface area (Å²) in [6.07, 6.45) is 0. The number of benzene rings is 2. The number of aromatic nitrogens is 3. The van der Waals surface area contributed by atoms with E-state index in [0.717, 1.165) is 28.8 Å². The summed E-state index contributed by atoms with van der Waals surface area (Å²) in [4.78, 5) is 19.6. The maximum atomic E-state index is 10.8. The molecule has 0 amide bonds. The normalized spacial score (nSPS) is 11.4. The second-order valence-corrected chi connectivity index (χ2v) is 7.28. The molecule has 148 valence electrons. The molecule has 8 heteroatoms. The van der Waals surface area contributed by atoms with Crippen molar-refractivity contribution in [2.75, 3.05) is 5.73 Å². The first-order valence-corrected chi connectivity index (χ1v) is 9.34. The van der Waals surface area contributed by atoms with E-state index in [1.165, 1.54) is 12.1 Å². The highest BCUT2D eigenvalue weighted by Crippen LogP contribution is 2.30. The molecule has 0 unspecified atom stereocenters. The van der Waals surface area contributed by atoms with Gasteiger partial charge >= 0.3 is 0 Å². The Bertz CT molecular complexity index is 1200. The highest BCUT2D eigenvalue weighted by molar-refractivity contribution is 6.06. The Balaban J connectivity index is 1.76. The zero-order chi connectivity index (χ0) is 20.5. The summed E-state index contributed by atoms with van der Waals surface area (Å²) in [5, 5.41) is 11.8. The van der Waals surface area contributed by atoms with Gasteiger partial charge in [-0.15, -0.1) is 0 Å². The van der Waals surface area contributed by atoms with E-state index >= 15 is 0 Å². The van der Waals surface area contributed by atoms with E-state index in [-0.39, 0.29) is 12.3 Å². The van der Waals surface area contributed by atoms with Crippen molar-refractivity contribution in [3.63, 3.8) is 0 Å². The number of hydrogen-bond donors (Lipinski definition) is 1.